The maximum Gasteiger partial charge on any atom is 0.276 e. The fraction of sp³-hybridized carbons (Fsp3) is 0.211. The van der Waals surface area contributed by atoms with Gasteiger partial charge in [0, 0.05) is 17.1 Å². The lowest BCUT2D eigenvalue weighted by molar-refractivity contribution is 0.102. The average Bonchev–Trinajstić information content (AvgIpc) is 2.62. The van der Waals surface area contributed by atoms with Crippen molar-refractivity contribution in [2.45, 2.75) is 19.9 Å². The third-order valence-electron chi connectivity index (χ3n) is 3.94. The molecule has 0 aliphatic heterocycles. The van der Waals surface area contributed by atoms with Gasteiger partial charge in [0.25, 0.3) is 11.5 Å². The highest BCUT2D eigenvalue weighted by molar-refractivity contribution is 6.11. The molecule has 3 aromatic rings. The Kier molecular flexibility index (Phi) is 4.71. The standard InChI is InChI=1S/C19H18FN3O3/c1-11(2)23-19(25)14-7-5-4-6-13(14)17(22-23)18(24)21-12-8-9-16(26-3)15(20)10-12/h4-11H,1-3H3,(H,21,24). The topological polar surface area (TPSA) is 73.2 Å². The smallest absolute Gasteiger partial charge is 0.276 e. The summed E-state index contributed by atoms with van der Waals surface area (Å²) in [4.78, 5) is 25.3. The van der Waals surface area contributed by atoms with Crippen LogP contribution in [0.4, 0.5) is 10.1 Å². The molecule has 0 aliphatic carbocycles. The minimum Gasteiger partial charge on any atom is -0.494 e. The Balaban J connectivity index is 2.07. The van der Waals surface area contributed by atoms with Gasteiger partial charge in [-0.1, -0.05) is 18.2 Å². The van der Waals surface area contributed by atoms with Crippen LogP contribution in [0.15, 0.2) is 47.3 Å². The van der Waals surface area contributed by atoms with Crippen molar-refractivity contribution in [3.05, 3.63) is 64.3 Å². The third kappa shape index (κ3) is 3.15. The predicted molar refractivity (Wildman–Crippen MR) is 97.3 cm³/mol. The van der Waals surface area contributed by atoms with E-state index < -0.39 is 11.7 Å². The molecule has 0 saturated heterocycles. The molecule has 1 amide bonds. The lowest BCUT2D eigenvalue weighted by Crippen LogP contribution is -2.28. The number of nitrogens with one attached hydrogen (secondary N) is 1. The zero-order valence-electron chi connectivity index (χ0n) is 14.6. The molecule has 26 heavy (non-hydrogen) atoms. The molecule has 1 aromatic heterocycles. The highest BCUT2D eigenvalue weighted by Crippen LogP contribution is 2.22. The van der Waals surface area contributed by atoms with Crippen molar-refractivity contribution in [1.29, 1.82) is 0 Å². The van der Waals surface area contributed by atoms with Gasteiger partial charge in [-0.05, 0) is 32.0 Å². The van der Waals surface area contributed by atoms with E-state index in [0.717, 1.165) is 6.07 Å². The summed E-state index contributed by atoms with van der Waals surface area (Å²) >= 11 is 0. The molecule has 1 N–H and O–H groups in total. The lowest BCUT2D eigenvalue weighted by Gasteiger charge is -2.13. The van der Waals surface area contributed by atoms with E-state index in [4.69, 9.17) is 4.74 Å². The first-order chi connectivity index (χ1) is 12.4. The van der Waals surface area contributed by atoms with E-state index in [1.807, 2.05) is 13.8 Å². The Labute approximate surface area is 149 Å². The molecule has 134 valence electrons. The number of hydrogen-bond acceptors (Lipinski definition) is 4. The summed E-state index contributed by atoms with van der Waals surface area (Å²) < 4.78 is 20.0. The van der Waals surface area contributed by atoms with Gasteiger partial charge in [-0.15, -0.1) is 0 Å². The van der Waals surface area contributed by atoms with Crippen LogP contribution in [0.2, 0.25) is 0 Å². The number of halogens is 1. The second-order valence-electron chi connectivity index (χ2n) is 6.04. The Morgan fingerprint density at radius 3 is 2.50 bits per heavy atom. The summed E-state index contributed by atoms with van der Waals surface area (Å²) in [5.41, 5.74) is 0.106. The molecular formula is C19H18FN3O3. The number of methoxy groups -OCH3 is 1. The first kappa shape index (κ1) is 17.6. The van der Waals surface area contributed by atoms with E-state index in [1.54, 1.807) is 24.3 Å². The molecule has 0 aliphatic rings. The van der Waals surface area contributed by atoms with Crippen molar-refractivity contribution in [2.24, 2.45) is 0 Å². The van der Waals surface area contributed by atoms with Gasteiger partial charge in [-0.2, -0.15) is 5.10 Å². The van der Waals surface area contributed by atoms with Gasteiger partial charge in [0.2, 0.25) is 0 Å². The Morgan fingerprint density at radius 2 is 1.88 bits per heavy atom. The van der Waals surface area contributed by atoms with Crippen LogP contribution in [-0.4, -0.2) is 22.8 Å². The zero-order chi connectivity index (χ0) is 18.8. The maximum absolute atomic E-state index is 13.8. The Morgan fingerprint density at radius 1 is 1.19 bits per heavy atom. The summed E-state index contributed by atoms with van der Waals surface area (Å²) in [5, 5.41) is 7.69. The van der Waals surface area contributed by atoms with Gasteiger partial charge in [0.15, 0.2) is 17.3 Å². The maximum atomic E-state index is 13.8. The highest BCUT2D eigenvalue weighted by atomic mass is 19.1. The van der Waals surface area contributed by atoms with E-state index >= 15 is 0 Å². The average molecular weight is 355 g/mol. The Bertz CT molecular complexity index is 1040. The van der Waals surface area contributed by atoms with Crippen molar-refractivity contribution in [3.63, 3.8) is 0 Å². The molecule has 0 atom stereocenters. The van der Waals surface area contributed by atoms with E-state index in [9.17, 15) is 14.0 Å². The van der Waals surface area contributed by atoms with Gasteiger partial charge in [-0.25, -0.2) is 9.07 Å². The molecule has 0 fully saturated rings. The normalized spacial score (nSPS) is 11.0. The summed E-state index contributed by atoms with van der Waals surface area (Å²) in [6.45, 7) is 3.62. The van der Waals surface area contributed by atoms with Crippen LogP contribution in [0.25, 0.3) is 10.8 Å². The fourth-order valence-electron chi connectivity index (χ4n) is 2.66. The minimum absolute atomic E-state index is 0.0833. The van der Waals surface area contributed by atoms with Gasteiger partial charge >= 0.3 is 0 Å². The summed E-state index contributed by atoms with van der Waals surface area (Å²) in [5.74, 6) is -1.03. The molecule has 3 rings (SSSR count). The number of carbonyl (C=O) groups is 1. The van der Waals surface area contributed by atoms with Gasteiger partial charge in [0.1, 0.15) is 0 Å². The number of anilines is 1. The van der Waals surface area contributed by atoms with Gasteiger partial charge in [0.05, 0.1) is 18.5 Å². The number of aromatic nitrogens is 2. The van der Waals surface area contributed by atoms with Crippen LogP contribution in [0.1, 0.15) is 30.4 Å². The first-order valence-electron chi connectivity index (χ1n) is 8.09. The highest BCUT2D eigenvalue weighted by Gasteiger charge is 2.18. The molecule has 0 radical (unpaired) electrons. The van der Waals surface area contributed by atoms with Crippen molar-refractivity contribution in [2.75, 3.05) is 12.4 Å². The second kappa shape index (κ2) is 6.95. The van der Waals surface area contributed by atoms with Crippen molar-refractivity contribution in [1.82, 2.24) is 9.78 Å². The summed E-state index contributed by atoms with van der Waals surface area (Å²) in [6, 6.07) is 10.7. The first-order valence-corrected chi connectivity index (χ1v) is 8.09. The van der Waals surface area contributed by atoms with Crippen molar-refractivity contribution >= 4 is 22.4 Å². The quantitative estimate of drug-likeness (QED) is 0.779. The van der Waals surface area contributed by atoms with Crippen LogP contribution in [-0.2, 0) is 0 Å². The molecule has 0 unspecified atom stereocenters. The lowest BCUT2D eigenvalue weighted by atomic mass is 10.1. The van der Waals surface area contributed by atoms with E-state index in [1.165, 1.54) is 23.9 Å². The number of benzene rings is 2. The van der Waals surface area contributed by atoms with E-state index in [2.05, 4.69) is 10.4 Å². The van der Waals surface area contributed by atoms with Gasteiger partial charge in [-0.3, -0.25) is 9.59 Å². The largest absolute Gasteiger partial charge is 0.494 e. The second-order valence-corrected chi connectivity index (χ2v) is 6.04. The number of hydrogen-bond donors (Lipinski definition) is 1. The number of rotatable bonds is 4. The minimum atomic E-state index is -0.588. The third-order valence-corrected chi connectivity index (χ3v) is 3.94. The molecule has 1 heterocycles. The van der Waals surface area contributed by atoms with Crippen LogP contribution in [0, 0.1) is 5.82 Å². The molecule has 7 heteroatoms. The number of amides is 1. The van der Waals surface area contributed by atoms with Crippen LogP contribution < -0.4 is 15.6 Å². The molecule has 0 spiro atoms. The molecule has 0 saturated carbocycles. The summed E-state index contributed by atoms with van der Waals surface area (Å²) in [6.07, 6.45) is 0. The van der Waals surface area contributed by atoms with Crippen LogP contribution >= 0.6 is 0 Å². The van der Waals surface area contributed by atoms with E-state index in [0.29, 0.717) is 10.8 Å². The number of nitrogens with zero attached hydrogens (tertiary/aromatic N) is 2. The van der Waals surface area contributed by atoms with Gasteiger partial charge < -0.3 is 10.1 Å². The number of fused-ring (bicyclic) bond motifs is 1. The van der Waals surface area contributed by atoms with E-state index in [-0.39, 0.29) is 28.7 Å². The van der Waals surface area contributed by atoms with Crippen LogP contribution in [0.5, 0.6) is 5.75 Å². The van der Waals surface area contributed by atoms with Crippen LogP contribution in [0.3, 0.4) is 0 Å². The predicted octanol–water partition coefficient (Wildman–Crippen LogP) is 3.38. The summed E-state index contributed by atoms with van der Waals surface area (Å²) in [7, 11) is 1.36. The molecule has 2 aromatic carbocycles. The SMILES string of the molecule is COc1ccc(NC(=O)c2nn(C(C)C)c(=O)c3ccccc23)cc1F. The fourth-order valence-corrected chi connectivity index (χ4v) is 2.66. The van der Waals surface area contributed by atoms with Crippen molar-refractivity contribution in [3.8, 4) is 5.75 Å². The number of ether oxygens (including phenoxy) is 1. The molecule has 6 nitrogen and oxygen atoms in total. The molecular weight excluding hydrogens is 337 g/mol. The van der Waals surface area contributed by atoms with Crippen molar-refractivity contribution < 1.29 is 13.9 Å². The zero-order valence-corrected chi connectivity index (χ0v) is 14.6. The number of carbonyl (C=O) groups excluding carboxylic acids is 1. The molecule has 0 bridgehead atoms. The Hall–Kier alpha value is -3.22. The monoisotopic (exact) mass is 355 g/mol.